The van der Waals surface area contributed by atoms with Crippen LogP contribution in [-0.2, 0) is 11.3 Å². The molecule has 0 aliphatic heterocycles. The Labute approximate surface area is 95.4 Å². The Hall–Kier alpha value is -1.36. The predicted octanol–water partition coefficient (Wildman–Crippen LogP) is 1.73. The molecule has 0 unspecified atom stereocenters. The van der Waals surface area contributed by atoms with E-state index in [0.29, 0.717) is 6.54 Å². The summed E-state index contributed by atoms with van der Waals surface area (Å²) in [5.41, 5.74) is 0.998. The Bertz CT molecular complexity index is 506. The van der Waals surface area contributed by atoms with Crippen LogP contribution in [-0.4, -0.2) is 15.3 Å². The molecular weight excluding hydrogens is 258 g/mol. The molecule has 0 bridgehead atoms. The Morgan fingerprint density at radius 3 is 3.13 bits per heavy atom. The lowest BCUT2D eigenvalue weighted by atomic mass is 10.4. The smallest absolute Gasteiger partial charge is 0.217 e. The molecule has 5 heteroatoms. The van der Waals surface area contributed by atoms with Crippen LogP contribution in [0.1, 0.15) is 12.7 Å². The van der Waals surface area contributed by atoms with Gasteiger partial charge in [-0.15, -0.1) is 0 Å². The third kappa shape index (κ3) is 2.02. The van der Waals surface area contributed by atoms with E-state index in [-0.39, 0.29) is 5.91 Å². The highest BCUT2D eigenvalue weighted by atomic mass is 79.9. The summed E-state index contributed by atoms with van der Waals surface area (Å²) in [6, 6.07) is 5.84. The molecule has 0 saturated carbocycles. The molecule has 2 rings (SSSR count). The number of hydrogen-bond donors (Lipinski definition) is 1. The van der Waals surface area contributed by atoms with Crippen molar-refractivity contribution >= 4 is 27.4 Å². The molecular formula is C10H10BrN3O. The largest absolute Gasteiger partial charge is 0.349 e. The zero-order chi connectivity index (χ0) is 10.8. The number of aromatic nitrogens is 2. The lowest BCUT2D eigenvalue weighted by molar-refractivity contribution is -0.119. The molecule has 1 amide bonds. The normalized spacial score (nSPS) is 10.5. The molecule has 0 aromatic carbocycles. The highest BCUT2D eigenvalue weighted by molar-refractivity contribution is 9.10. The Kier molecular flexibility index (Phi) is 2.73. The average molecular weight is 268 g/mol. The summed E-state index contributed by atoms with van der Waals surface area (Å²) in [6.45, 7) is 1.93. The summed E-state index contributed by atoms with van der Waals surface area (Å²) in [5, 5.41) is 2.72. The molecule has 2 heterocycles. The number of imidazole rings is 1. The van der Waals surface area contributed by atoms with Gasteiger partial charge in [-0.1, -0.05) is 6.07 Å². The van der Waals surface area contributed by atoms with E-state index in [0.717, 1.165) is 15.9 Å². The van der Waals surface area contributed by atoms with E-state index in [1.165, 1.54) is 6.92 Å². The Morgan fingerprint density at radius 2 is 2.40 bits per heavy atom. The van der Waals surface area contributed by atoms with Gasteiger partial charge in [-0.05, 0) is 28.1 Å². The molecule has 4 nitrogen and oxygen atoms in total. The fraction of sp³-hybridized carbons (Fsp3) is 0.200. The molecule has 0 aliphatic carbocycles. The zero-order valence-electron chi connectivity index (χ0n) is 8.20. The monoisotopic (exact) mass is 267 g/mol. The summed E-state index contributed by atoms with van der Waals surface area (Å²) in [7, 11) is 0. The number of carbonyl (C=O) groups is 1. The first-order valence-corrected chi connectivity index (χ1v) is 5.33. The van der Waals surface area contributed by atoms with Crippen LogP contribution in [0.25, 0.3) is 5.52 Å². The van der Waals surface area contributed by atoms with Crippen molar-refractivity contribution in [3.63, 3.8) is 0 Å². The fourth-order valence-corrected chi connectivity index (χ4v) is 1.92. The standard InChI is InChI=1S/C10H10BrN3O/c1-7(15)12-6-9-13-10(11)8-4-2-3-5-14(8)9/h2-5H,6H2,1H3,(H,12,15). The van der Waals surface area contributed by atoms with Crippen LogP contribution in [0, 0.1) is 0 Å². The average Bonchev–Trinajstić information content (AvgIpc) is 2.54. The second-order valence-electron chi connectivity index (χ2n) is 3.18. The van der Waals surface area contributed by atoms with Crippen molar-refractivity contribution in [1.82, 2.24) is 14.7 Å². The van der Waals surface area contributed by atoms with Crippen LogP contribution >= 0.6 is 15.9 Å². The maximum Gasteiger partial charge on any atom is 0.217 e. The minimum Gasteiger partial charge on any atom is -0.349 e. The fourth-order valence-electron chi connectivity index (χ4n) is 1.39. The minimum atomic E-state index is -0.0567. The number of carbonyl (C=O) groups excluding carboxylic acids is 1. The van der Waals surface area contributed by atoms with Crippen molar-refractivity contribution < 1.29 is 4.79 Å². The summed E-state index contributed by atoms with van der Waals surface area (Å²) >= 11 is 3.38. The lowest BCUT2D eigenvalue weighted by Crippen LogP contribution is -2.20. The summed E-state index contributed by atoms with van der Waals surface area (Å²) in [5.74, 6) is 0.756. The molecule has 0 atom stereocenters. The first kappa shape index (κ1) is 10.2. The summed E-state index contributed by atoms with van der Waals surface area (Å²) in [6.07, 6.45) is 1.92. The van der Waals surface area contributed by atoms with E-state index >= 15 is 0 Å². The van der Waals surface area contributed by atoms with Crippen LogP contribution in [0.5, 0.6) is 0 Å². The number of amides is 1. The van der Waals surface area contributed by atoms with Crippen molar-refractivity contribution in [3.05, 3.63) is 34.8 Å². The summed E-state index contributed by atoms with van der Waals surface area (Å²) < 4.78 is 2.74. The molecule has 78 valence electrons. The number of fused-ring (bicyclic) bond motifs is 1. The molecule has 0 radical (unpaired) electrons. The van der Waals surface area contributed by atoms with Gasteiger partial charge in [0.25, 0.3) is 0 Å². The van der Waals surface area contributed by atoms with Crippen molar-refractivity contribution in [1.29, 1.82) is 0 Å². The quantitative estimate of drug-likeness (QED) is 0.901. The van der Waals surface area contributed by atoms with Crippen molar-refractivity contribution in [3.8, 4) is 0 Å². The van der Waals surface area contributed by atoms with Crippen LogP contribution in [0.3, 0.4) is 0 Å². The molecule has 0 saturated heterocycles. The van der Waals surface area contributed by atoms with Crippen LogP contribution < -0.4 is 5.32 Å². The van der Waals surface area contributed by atoms with E-state index < -0.39 is 0 Å². The first-order chi connectivity index (χ1) is 7.18. The predicted molar refractivity (Wildman–Crippen MR) is 60.4 cm³/mol. The van der Waals surface area contributed by atoms with Gasteiger partial charge in [0.05, 0.1) is 12.1 Å². The van der Waals surface area contributed by atoms with Gasteiger partial charge < -0.3 is 9.72 Å². The maximum absolute atomic E-state index is 10.8. The van der Waals surface area contributed by atoms with Gasteiger partial charge in [0.2, 0.25) is 5.91 Å². The first-order valence-electron chi connectivity index (χ1n) is 4.54. The van der Waals surface area contributed by atoms with E-state index in [2.05, 4.69) is 26.2 Å². The minimum absolute atomic E-state index is 0.0567. The van der Waals surface area contributed by atoms with Gasteiger partial charge in [0.15, 0.2) is 0 Å². The molecule has 2 aromatic heterocycles. The summed E-state index contributed by atoms with van der Waals surface area (Å²) in [4.78, 5) is 15.1. The van der Waals surface area contributed by atoms with Gasteiger partial charge in [0.1, 0.15) is 10.4 Å². The second-order valence-corrected chi connectivity index (χ2v) is 3.94. The van der Waals surface area contributed by atoms with E-state index in [1.54, 1.807) is 0 Å². The Morgan fingerprint density at radius 1 is 1.60 bits per heavy atom. The molecule has 0 fully saturated rings. The van der Waals surface area contributed by atoms with Crippen LogP contribution in [0.15, 0.2) is 29.0 Å². The van der Waals surface area contributed by atoms with E-state index in [4.69, 9.17) is 0 Å². The van der Waals surface area contributed by atoms with Gasteiger partial charge in [0, 0.05) is 13.1 Å². The van der Waals surface area contributed by atoms with Gasteiger partial charge in [-0.25, -0.2) is 4.98 Å². The molecule has 1 N–H and O–H groups in total. The van der Waals surface area contributed by atoms with Crippen molar-refractivity contribution in [2.24, 2.45) is 0 Å². The zero-order valence-corrected chi connectivity index (χ0v) is 9.78. The van der Waals surface area contributed by atoms with Crippen LogP contribution in [0.2, 0.25) is 0 Å². The number of nitrogens with zero attached hydrogens (tertiary/aromatic N) is 2. The molecule has 0 aliphatic rings. The highest BCUT2D eigenvalue weighted by Crippen LogP contribution is 2.18. The van der Waals surface area contributed by atoms with E-state index in [9.17, 15) is 4.79 Å². The third-order valence-corrected chi connectivity index (χ3v) is 2.66. The van der Waals surface area contributed by atoms with Gasteiger partial charge in [-0.3, -0.25) is 4.79 Å². The van der Waals surface area contributed by atoms with E-state index in [1.807, 2.05) is 28.8 Å². The number of rotatable bonds is 2. The molecule has 2 aromatic rings. The number of nitrogens with one attached hydrogen (secondary N) is 1. The molecule has 15 heavy (non-hydrogen) atoms. The van der Waals surface area contributed by atoms with Gasteiger partial charge >= 0.3 is 0 Å². The van der Waals surface area contributed by atoms with Crippen LogP contribution in [0.4, 0.5) is 0 Å². The van der Waals surface area contributed by atoms with Crippen molar-refractivity contribution in [2.75, 3.05) is 0 Å². The van der Waals surface area contributed by atoms with Crippen molar-refractivity contribution in [2.45, 2.75) is 13.5 Å². The lowest BCUT2D eigenvalue weighted by Gasteiger charge is -2.00. The number of hydrogen-bond acceptors (Lipinski definition) is 2. The highest BCUT2D eigenvalue weighted by Gasteiger charge is 2.07. The number of halogens is 1. The second kappa shape index (κ2) is 4.02. The van der Waals surface area contributed by atoms with Gasteiger partial charge in [-0.2, -0.15) is 0 Å². The third-order valence-electron chi connectivity index (χ3n) is 2.07. The Balaban J connectivity index is 2.39. The topological polar surface area (TPSA) is 46.4 Å². The molecule has 0 spiro atoms. The maximum atomic E-state index is 10.8. The SMILES string of the molecule is CC(=O)NCc1nc(Br)c2ccccn12. The number of pyridine rings is 1.